The first-order chi connectivity index (χ1) is 11.9. The van der Waals surface area contributed by atoms with Crippen LogP contribution in [-0.4, -0.2) is 32.4 Å². The van der Waals surface area contributed by atoms with Crippen molar-refractivity contribution in [1.29, 1.82) is 0 Å². The summed E-state index contributed by atoms with van der Waals surface area (Å²) in [5.74, 6) is -3.76. The van der Waals surface area contributed by atoms with E-state index in [1.807, 2.05) is 0 Å². The van der Waals surface area contributed by atoms with Crippen molar-refractivity contribution in [3.8, 4) is 17.2 Å². The number of fused-ring (bicyclic) bond motifs is 1. The number of phenols is 2. The van der Waals surface area contributed by atoms with E-state index >= 15 is 0 Å². The summed E-state index contributed by atoms with van der Waals surface area (Å²) in [7, 11) is 0. The van der Waals surface area contributed by atoms with Crippen molar-refractivity contribution in [2.75, 3.05) is 0 Å². The van der Waals surface area contributed by atoms with E-state index in [2.05, 4.69) is 0 Å². The Kier molecular flexibility index (Phi) is 4.06. The van der Waals surface area contributed by atoms with Crippen molar-refractivity contribution in [3.05, 3.63) is 59.2 Å². The SMILES string of the molecule is O=C(O)/C=C/c1cccc2c1[C@H](C(=O)O)[C@@H](c1ccc(O)c(O)c1)O2. The third kappa shape index (κ3) is 2.99. The molecule has 1 aliphatic heterocycles. The van der Waals surface area contributed by atoms with Gasteiger partial charge in [0.1, 0.15) is 17.8 Å². The van der Waals surface area contributed by atoms with E-state index in [9.17, 15) is 24.9 Å². The Morgan fingerprint density at radius 1 is 1.04 bits per heavy atom. The number of carboxylic acid groups (broad SMARTS) is 2. The molecular weight excluding hydrogens is 328 g/mol. The Labute approximate surface area is 142 Å². The largest absolute Gasteiger partial charge is 0.504 e. The number of aromatic hydroxyl groups is 2. The molecule has 25 heavy (non-hydrogen) atoms. The summed E-state index contributed by atoms with van der Waals surface area (Å²) in [6, 6.07) is 8.80. The van der Waals surface area contributed by atoms with Gasteiger partial charge in [0.05, 0.1) is 0 Å². The van der Waals surface area contributed by atoms with Crippen molar-refractivity contribution >= 4 is 18.0 Å². The topological polar surface area (TPSA) is 124 Å². The number of carbonyl (C=O) groups is 2. The summed E-state index contributed by atoms with van der Waals surface area (Å²) in [5, 5.41) is 37.6. The van der Waals surface area contributed by atoms with Gasteiger partial charge in [0.2, 0.25) is 0 Å². The second-order valence-electron chi connectivity index (χ2n) is 5.53. The van der Waals surface area contributed by atoms with Crippen LogP contribution in [0.5, 0.6) is 17.2 Å². The van der Waals surface area contributed by atoms with E-state index in [0.717, 1.165) is 6.08 Å². The Morgan fingerprint density at radius 3 is 2.44 bits per heavy atom. The molecule has 2 aromatic rings. The molecule has 0 fully saturated rings. The second kappa shape index (κ2) is 6.20. The molecule has 128 valence electrons. The van der Waals surface area contributed by atoms with Gasteiger partial charge in [-0.3, -0.25) is 4.79 Å². The standard InChI is InChI=1S/C18H14O7/c19-11-6-4-10(8-12(11)20)17-16(18(23)24)15-9(5-7-14(21)22)2-1-3-13(15)25-17/h1-8,16-17,19-20H,(H,21,22)(H,23,24)/b7-5+/t16-,17+/m0/s1. The van der Waals surface area contributed by atoms with Crippen LogP contribution in [0.1, 0.15) is 28.7 Å². The molecule has 0 aliphatic carbocycles. The van der Waals surface area contributed by atoms with Crippen LogP contribution in [0.3, 0.4) is 0 Å². The molecule has 7 nitrogen and oxygen atoms in total. The lowest BCUT2D eigenvalue weighted by molar-refractivity contribution is -0.140. The highest BCUT2D eigenvalue weighted by molar-refractivity contribution is 5.88. The third-order valence-electron chi connectivity index (χ3n) is 3.97. The van der Waals surface area contributed by atoms with Crippen LogP contribution in [0.15, 0.2) is 42.5 Å². The fourth-order valence-corrected chi connectivity index (χ4v) is 2.89. The van der Waals surface area contributed by atoms with Crippen LogP contribution >= 0.6 is 0 Å². The molecule has 0 saturated heterocycles. The Morgan fingerprint density at radius 2 is 1.80 bits per heavy atom. The first-order valence-electron chi connectivity index (χ1n) is 7.33. The molecule has 0 unspecified atom stereocenters. The van der Waals surface area contributed by atoms with Crippen molar-refractivity contribution < 1.29 is 34.8 Å². The molecule has 4 N–H and O–H groups in total. The lowest BCUT2D eigenvalue weighted by Crippen LogP contribution is -2.18. The zero-order valence-electron chi connectivity index (χ0n) is 12.8. The molecular formula is C18H14O7. The summed E-state index contributed by atoms with van der Waals surface area (Å²) in [6.07, 6.45) is 1.32. The van der Waals surface area contributed by atoms with Gasteiger partial charge in [-0.15, -0.1) is 0 Å². The van der Waals surface area contributed by atoms with Crippen LogP contribution < -0.4 is 4.74 Å². The smallest absolute Gasteiger partial charge is 0.328 e. The normalized spacial score (nSPS) is 18.7. The van der Waals surface area contributed by atoms with Crippen molar-refractivity contribution in [3.63, 3.8) is 0 Å². The van der Waals surface area contributed by atoms with Gasteiger partial charge in [0.15, 0.2) is 11.5 Å². The van der Waals surface area contributed by atoms with E-state index in [1.165, 1.54) is 24.3 Å². The summed E-state index contributed by atoms with van der Waals surface area (Å²) in [4.78, 5) is 22.6. The van der Waals surface area contributed by atoms with E-state index in [0.29, 0.717) is 22.4 Å². The number of rotatable bonds is 4. The van der Waals surface area contributed by atoms with Crippen LogP contribution in [0.25, 0.3) is 6.08 Å². The molecule has 3 rings (SSSR count). The summed E-state index contributed by atoms with van der Waals surface area (Å²) in [6.45, 7) is 0. The molecule has 1 aliphatic rings. The lowest BCUT2D eigenvalue weighted by Gasteiger charge is -2.17. The average Bonchev–Trinajstić information content (AvgIpc) is 2.95. The van der Waals surface area contributed by atoms with Crippen LogP contribution in [0.2, 0.25) is 0 Å². The molecule has 2 aromatic carbocycles. The highest BCUT2D eigenvalue weighted by Crippen LogP contribution is 2.48. The van der Waals surface area contributed by atoms with Gasteiger partial charge < -0.3 is 25.2 Å². The summed E-state index contributed by atoms with van der Waals surface area (Å²) >= 11 is 0. The minimum atomic E-state index is -1.15. The predicted molar refractivity (Wildman–Crippen MR) is 86.6 cm³/mol. The van der Waals surface area contributed by atoms with Gasteiger partial charge in [-0.1, -0.05) is 18.2 Å². The van der Waals surface area contributed by atoms with Crippen LogP contribution in [-0.2, 0) is 9.59 Å². The van der Waals surface area contributed by atoms with Crippen molar-refractivity contribution in [1.82, 2.24) is 0 Å². The lowest BCUT2D eigenvalue weighted by atomic mass is 9.88. The zero-order valence-corrected chi connectivity index (χ0v) is 12.8. The molecule has 0 saturated carbocycles. The molecule has 0 spiro atoms. The molecule has 0 bridgehead atoms. The predicted octanol–water partition coefficient (Wildman–Crippen LogP) is 2.50. The zero-order chi connectivity index (χ0) is 18.1. The number of ether oxygens (including phenoxy) is 1. The van der Waals surface area contributed by atoms with Gasteiger partial charge in [-0.25, -0.2) is 4.79 Å². The van der Waals surface area contributed by atoms with Crippen molar-refractivity contribution in [2.45, 2.75) is 12.0 Å². The number of phenolic OH excluding ortho intramolecular Hbond substituents is 2. The van der Waals surface area contributed by atoms with E-state index in [4.69, 9.17) is 9.84 Å². The van der Waals surface area contributed by atoms with Crippen LogP contribution in [0, 0.1) is 0 Å². The first kappa shape index (κ1) is 16.4. The number of hydrogen-bond acceptors (Lipinski definition) is 5. The Balaban J connectivity index is 2.09. The Bertz CT molecular complexity index is 885. The van der Waals surface area contributed by atoms with Crippen molar-refractivity contribution in [2.24, 2.45) is 0 Å². The third-order valence-corrected chi connectivity index (χ3v) is 3.97. The van der Waals surface area contributed by atoms with Gasteiger partial charge in [-0.2, -0.15) is 0 Å². The first-order valence-corrected chi connectivity index (χ1v) is 7.33. The fourth-order valence-electron chi connectivity index (χ4n) is 2.89. The average molecular weight is 342 g/mol. The highest BCUT2D eigenvalue weighted by Gasteiger charge is 2.42. The number of hydrogen-bond donors (Lipinski definition) is 4. The van der Waals surface area contributed by atoms with Crippen LogP contribution in [0.4, 0.5) is 0 Å². The van der Waals surface area contributed by atoms with Gasteiger partial charge in [0.25, 0.3) is 0 Å². The van der Waals surface area contributed by atoms with E-state index in [-0.39, 0.29) is 11.5 Å². The maximum Gasteiger partial charge on any atom is 0.328 e. The number of carboxylic acids is 2. The highest BCUT2D eigenvalue weighted by atomic mass is 16.5. The molecule has 1 heterocycles. The van der Waals surface area contributed by atoms with E-state index in [1.54, 1.807) is 18.2 Å². The Hall–Kier alpha value is -3.48. The maximum atomic E-state index is 11.9. The second-order valence-corrected chi connectivity index (χ2v) is 5.53. The number of benzene rings is 2. The molecule has 0 radical (unpaired) electrons. The molecule has 0 aromatic heterocycles. The van der Waals surface area contributed by atoms with Gasteiger partial charge in [-0.05, 0) is 35.4 Å². The molecule has 0 amide bonds. The summed E-state index contributed by atoms with van der Waals surface area (Å²) in [5.41, 5.74) is 1.18. The number of aliphatic carboxylic acids is 2. The minimum absolute atomic E-state index is 0.323. The summed E-state index contributed by atoms with van der Waals surface area (Å²) < 4.78 is 5.75. The monoisotopic (exact) mass is 342 g/mol. The quantitative estimate of drug-likeness (QED) is 0.497. The minimum Gasteiger partial charge on any atom is -0.504 e. The molecule has 2 atom stereocenters. The molecule has 7 heteroatoms. The maximum absolute atomic E-state index is 11.9. The van der Waals surface area contributed by atoms with Gasteiger partial charge in [0, 0.05) is 11.6 Å². The van der Waals surface area contributed by atoms with Gasteiger partial charge >= 0.3 is 11.9 Å². The fraction of sp³-hybridized carbons (Fsp3) is 0.111. The van der Waals surface area contributed by atoms with E-state index < -0.39 is 24.0 Å².